The molecule has 150 valence electrons. The highest BCUT2D eigenvalue weighted by Crippen LogP contribution is 2.44. The molecule has 3 rings (SSSR count). The lowest BCUT2D eigenvalue weighted by atomic mass is 9.66. The minimum atomic E-state index is -1.28. The molecule has 1 aromatic carbocycles. The van der Waals surface area contributed by atoms with Gasteiger partial charge in [0.1, 0.15) is 6.04 Å². The Balaban J connectivity index is 1.77. The zero-order chi connectivity index (χ0) is 20.3. The number of esters is 1. The number of carbonyl (C=O) groups is 2. The molecule has 1 saturated heterocycles. The number of hydrogen-bond acceptors (Lipinski definition) is 8. The summed E-state index contributed by atoms with van der Waals surface area (Å²) in [6, 6.07) is 4.99. The van der Waals surface area contributed by atoms with Crippen LogP contribution in [0.15, 0.2) is 36.0 Å². The molecule has 0 amide bonds. The zero-order valence-electron chi connectivity index (χ0n) is 15.4. The molecule has 0 radical (unpaired) electrons. The second kappa shape index (κ2) is 8.07. The van der Waals surface area contributed by atoms with Crippen LogP contribution in [0.1, 0.15) is 25.3 Å². The van der Waals surface area contributed by atoms with E-state index >= 15 is 0 Å². The van der Waals surface area contributed by atoms with Crippen molar-refractivity contribution in [2.24, 2.45) is 5.41 Å². The third-order valence-electron chi connectivity index (χ3n) is 5.10. The van der Waals surface area contributed by atoms with Crippen molar-refractivity contribution in [3.05, 3.63) is 51.7 Å². The highest BCUT2D eigenvalue weighted by Gasteiger charge is 2.49. The van der Waals surface area contributed by atoms with Gasteiger partial charge in [0.15, 0.2) is 12.1 Å². The van der Waals surface area contributed by atoms with Crippen molar-refractivity contribution >= 4 is 17.4 Å². The maximum absolute atomic E-state index is 12.5. The van der Waals surface area contributed by atoms with Crippen LogP contribution in [0.3, 0.4) is 0 Å². The number of benzene rings is 1. The number of nitro groups is 1. The van der Waals surface area contributed by atoms with Crippen LogP contribution in [-0.2, 0) is 25.5 Å². The fraction of sp³-hybridized carbons (Fsp3) is 0.474. The molecule has 2 aliphatic rings. The van der Waals surface area contributed by atoms with Gasteiger partial charge in [0.05, 0.1) is 10.3 Å². The number of ketones is 1. The number of allylic oxidation sites excluding steroid dienone is 2. The van der Waals surface area contributed by atoms with E-state index in [1.165, 1.54) is 25.1 Å². The Bertz CT molecular complexity index is 795. The summed E-state index contributed by atoms with van der Waals surface area (Å²) in [5.74, 6) is -0.660. The van der Waals surface area contributed by atoms with Crippen molar-refractivity contribution in [1.82, 2.24) is 5.32 Å². The van der Waals surface area contributed by atoms with Crippen molar-refractivity contribution < 1.29 is 29.1 Å². The molecule has 1 fully saturated rings. The fourth-order valence-electron chi connectivity index (χ4n) is 3.50. The number of aliphatic hydroxyl groups excluding tert-OH is 1. The van der Waals surface area contributed by atoms with Gasteiger partial charge in [-0.15, -0.1) is 0 Å². The maximum atomic E-state index is 12.5. The quantitative estimate of drug-likeness (QED) is 0.308. The minimum absolute atomic E-state index is 0.0104. The number of ether oxygens (including phenoxy) is 2. The normalized spacial score (nSPS) is 19.9. The average Bonchev–Trinajstić information content (AvgIpc) is 2.67. The van der Waals surface area contributed by atoms with E-state index in [0.717, 1.165) is 0 Å². The molecule has 2 N–H and O–H groups in total. The molecule has 0 bridgehead atoms. The Hall–Kier alpha value is -2.78. The van der Waals surface area contributed by atoms with Crippen LogP contribution in [0.5, 0.6) is 0 Å². The molecule has 2 unspecified atom stereocenters. The fourth-order valence-corrected chi connectivity index (χ4v) is 3.50. The van der Waals surface area contributed by atoms with Crippen molar-refractivity contribution in [3.8, 4) is 0 Å². The van der Waals surface area contributed by atoms with Gasteiger partial charge in [-0.25, -0.2) is 4.79 Å². The summed E-state index contributed by atoms with van der Waals surface area (Å²) >= 11 is 0. The molecule has 1 aliphatic heterocycles. The van der Waals surface area contributed by atoms with E-state index < -0.39 is 28.6 Å². The highest BCUT2D eigenvalue weighted by molar-refractivity contribution is 6.05. The Labute approximate surface area is 161 Å². The van der Waals surface area contributed by atoms with Crippen molar-refractivity contribution in [3.63, 3.8) is 0 Å². The number of nitrogens with one attached hydrogen (secondary N) is 1. The van der Waals surface area contributed by atoms with Crippen LogP contribution in [-0.4, -0.2) is 47.3 Å². The molecule has 1 aliphatic carbocycles. The Morgan fingerprint density at radius 3 is 2.54 bits per heavy atom. The first-order valence-electron chi connectivity index (χ1n) is 9.04. The number of hydrogen-bond donors (Lipinski definition) is 2. The topological polar surface area (TPSA) is 128 Å². The standard InChI is InChI=1S/C19H22N2O7/c1-12(22)28-18(24)15(10-13-2-4-14(5-3-13)21(25)26)20-16-11-17(23)19(16)6-8-27-9-7-19/h2-5,11-12,15,20,22H,6-10H2,1H3. The first kappa shape index (κ1) is 20.0. The lowest BCUT2D eigenvalue weighted by Crippen LogP contribution is -2.53. The average molecular weight is 390 g/mol. The van der Waals surface area contributed by atoms with Gasteiger partial charge in [-0.1, -0.05) is 12.1 Å². The van der Waals surface area contributed by atoms with Crippen LogP contribution in [0.4, 0.5) is 5.69 Å². The van der Waals surface area contributed by atoms with E-state index in [0.29, 0.717) is 37.3 Å². The van der Waals surface area contributed by atoms with Crippen molar-refractivity contribution in [2.45, 2.75) is 38.5 Å². The molecule has 9 heteroatoms. The summed E-state index contributed by atoms with van der Waals surface area (Å²) in [4.78, 5) is 35.0. The van der Waals surface area contributed by atoms with Crippen LogP contribution in [0, 0.1) is 15.5 Å². The van der Waals surface area contributed by atoms with Gasteiger partial charge in [-0.3, -0.25) is 14.9 Å². The summed E-state index contributed by atoms with van der Waals surface area (Å²) in [6.45, 7) is 2.26. The number of rotatable bonds is 7. The van der Waals surface area contributed by atoms with Crippen LogP contribution in [0.2, 0.25) is 0 Å². The summed E-state index contributed by atoms with van der Waals surface area (Å²) in [6.07, 6.45) is 1.47. The first-order valence-corrected chi connectivity index (χ1v) is 9.04. The van der Waals surface area contributed by atoms with E-state index in [1.54, 1.807) is 12.1 Å². The van der Waals surface area contributed by atoms with E-state index in [2.05, 4.69) is 5.32 Å². The minimum Gasteiger partial charge on any atom is -0.435 e. The molecular formula is C19H22N2O7. The van der Waals surface area contributed by atoms with Gasteiger partial charge >= 0.3 is 5.97 Å². The van der Waals surface area contributed by atoms with Gasteiger partial charge in [0.2, 0.25) is 0 Å². The predicted molar refractivity (Wildman–Crippen MR) is 97.1 cm³/mol. The van der Waals surface area contributed by atoms with Gasteiger partial charge in [0, 0.05) is 43.5 Å². The van der Waals surface area contributed by atoms with Gasteiger partial charge in [0.25, 0.3) is 5.69 Å². The summed E-state index contributed by atoms with van der Waals surface area (Å²) < 4.78 is 10.3. The SMILES string of the molecule is CC(O)OC(=O)C(Cc1ccc([N+](=O)[O-])cc1)NC1=CC(=O)C12CCOCC2. The summed E-state index contributed by atoms with van der Waals surface area (Å²) in [7, 11) is 0. The third-order valence-corrected chi connectivity index (χ3v) is 5.10. The lowest BCUT2D eigenvalue weighted by Gasteiger charge is -2.44. The molecule has 0 saturated carbocycles. The Morgan fingerprint density at radius 2 is 2.00 bits per heavy atom. The molecule has 9 nitrogen and oxygen atoms in total. The first-order chi connectivity index (χ1) is 13.3. The molecule has 1 spiro atoms. The third kappa shape index (κ3) is 4.05. The summed E-state index contributed by atoms with van der Waals surface area (Å²) in [5.41, 5.74) is 0.637. The monoisotopic (exact) mass is 390 g/mol. The van der Waals surface area contributed by atoms with Crippen molar-refractivity contribution in [2.75, 3.05) is 13.2 Å². The lowest BCUT2D eigenvalue weighted by molar-refractivity contribution is -0.384. The maximum Gasteiger partial charge on any atom is 0.331 e. The molecule has 0 aromatic heterocycles. The van der Waals surface area contributed by atoms with Crippen molar-refractivity contribution in [1.29, 1.82) is 0 Å². The number of aliphatic hydroxyl groups is 1. The van der Waals surface area contributed by atoms with E-state index in [-0.39, 0.29) is 17.9 Å². The Morgan fingerprint density at radius 1 is 1.36 bits per heavy atom. The van der Waals surface area contributed by atoms with Crippen LogP contribution in [0.25, 0.3) is 0 Å². The van der Waals surface area contributed by atoms with E-state index in [4.69, 9.17) is 9.47 Å². The van der Waals surface area contributed by atoms with E-state index in [1.807, 2.05) is 0 Å². The van der Waals surface area contributed by atoms with Gasteiger partial charge < -0.3 is 19.9 Å². The number of nitro benzene ring substituents is 1. The number of nitrogens with zero attached hydrogens (tertiary/aromatic N) is 1. The molecule has 28 heavy (non-hydrogen) atoms. The molecule has 1 heterocycles. The zero-order valence-corrected chi connectivity index (χ0v) is 15.4. The van der Waals surface area contributed by atoms with Gasteiger partial charge in [-0.05, 0) is 25.3 Å². The van der Waals surface area contributed by atoms with Crippen LogP contribution >= 0.6 is 0 Å². The number of carbonyl (C=O) groups excluding carboxylic acids is 2. The second-order valence-corrected chi connectivity index (χ2v) is 6.98. The molecule has 1 aromatic rings. The van der Waals surface area contributed by atoms with Crippen LogP contribution < -0.4 is 5.32 Å². The largest absolute Gasteiger partial charge is 0.435 e. The summed E-state index contributed by atoms with van der Waals surface area (Å²) in [5, 5.41) is 23.3. The highest BCUT2D eigenvalue weighted by atomic mass is 16.6. The Kier molecular flexibility index (Phi) is 5.76. The predicted octanol–water partition coefficient (Wildman–Crippen LogP) is 1.24. The molecule has 2 atom stereocenters. The molecular weight excluding hydrogens is 368 g/mol. The second-order valence-electron chi connectivity index (χ2n) is 6.98. The number of non-ortho nitro benzene ring substituents is 1. The van der Waals surface area contributed by atoms with Gasteiger partial charge in [-0.2, -0.15) is 0 Å². The smallest absolute Gasteiger partial charge is 0.331 e. The van der Waals surface area contributed by atoms with E-state index in [9.17, 15) is 24.8 Å².